The summed E-state index contributed by atoms with van der Waals surface area (Å²) in [7, 11) is 0. The number of benzene rings is 1. The third-order valence-corrected chi connectivity index (χ3v) is 3.94. The second-order valence-corrected chi connectivity index (χ2v) is 6.14. The minimum absolute atomic E-state index is 0.519. The van der Waals surface area contributed by atoms with Crippen LogP contribution in [0.4, 0.5) is 0 Å². The van der Waals surface area contributed by atoms with Crippen LogP contribution in [0.2, 0.25) is 5.15 Å². The number of nitrogens with zero attached hydrogens (tertiary/aromatic N) is 2. The topological polar surface area (TPSA) is 58.5 Å². The van der Waals surface area contributed by atoms with E-state index in [1.807, 2.05) is 31.2 Å². The summed E-state index contributed by atoms with van der Waals surface area (Å²) in [5.41, 5.74) is 2.37. The molecule has 2 N–H and O–H groups in total. The van der Waals surface area contributed by atoms with E-state index in [0.29, 0.717) is 18.3 Å². The highest BCUT2D eigenvalue weighted by Gasteiger charge is 2.00. The van der Waals surface area contributed by atoms with Gasteiger partial charge in [-0.05, 0) is 56.0 Å². The zero-order valence-electron chi connectivity index (χ0n) is 15.5. The van der Waals surface area contributed by atoms with E-state index >= 15 is 0 Å². The maximum Gasteiger partial charge on any atom is 0.191 e. The Kier molecular flexibility index (Phi) is 8.76. The SMILES string of the molecule is CCNC(=NCCc1cccc(OCC)c1)NCCc1ccc(Cl)nc1. The Morgan fingerprint density at radius 2 is 2.00 bits per heavy atom. The molecule has 0 spiro atoms. The average Bonchev–Trinajstić information content (AvgIpc) is 2.64. The number of rotatable bonds is 9. The summed E-state index contributed by atoms with van der Waals surface area (Å²) in [5, 5.41) is 7.15. The first kappa shape index (κ1) is 20.0. The van der Waals surface area contributed by atoms with Crippen LogP contribution in [0.5, 0.6) is 5.75 Å². The van der Waals surface area contributed by atoms with Crippen LogP contribution in [-0.2, 0) is 12.8 Å². The van der Waals surface area contributed by atoms with Crippen molar-refractivity contribution in [2.24, 2.45) is 4.99 Å². The van der Waals surface area contributed by atoms with Gasteiger partial charge in [0, 0.05) is 25.8 Å². The standard InChI is InChI=1S/C20H27ClN4O/c1-3-22-20(24-13-11-17-8-9-19(21)25-15-17)23-12-10-16-6-5-7-18(14-16)26-4-2/h5-9,14-15H,3-4,10-13H2,1-2H3,(H2,22,23,24). The number of aromatic nitrogens is 1. The van der Waals surface area contributed by atoms with Gasteiger partial charge in [-0.1, -0.05) is 29.8 Å². The summed E-state index contributed by atoms with van der Waals surface area (Å²) in [5.74, 6) is 1.74. The van der Waals surface area contributed by atoms with Crippen LogP contribution in [0, 0.1) is 0 Å². The first-order chi connectivity index (χ1) is 12.7. The van der Waals surface area contributed by atoms with E-state index in [4.69, 9.17) is 16.3 Å². The fourth-order valence-electron chi connectivity index (χ4n) is 2.48. The van der Waals surface area contributed by atoms with Crippen molar-refractivity contribution in [1.29, 1.82) is 0 Å². The fraction of sp³-hybridized carbons (Fsp3) is 0.400. The Labute approximate surface area is 160 Å². The summed E-state index contributed by atoms with van der Waals surface area (Å²) < 4.78 is 5.54. The van der Waals surface area contributed by atoms with Gasteiger partial charge in [0.05, 0.1) is 6.61 Å². The molecule has 140 valence electrons. The third kappa shape index (κ3) is 7.31. The van der Waals surface area contributed by atoms with Crippen LogP contribution in [0.15, 0.2) is 47.6 Å². The van der Waals surface area contributed by atoms with Crippen LogP contribution in [-0.4, -0.2) is 37.2 Å². The second-order valence-electron chi connectivity index (χ2n) is 5.76. The zero-order chi connectivity index (χ0) is 18.6. The van der Waals surface area contributed by atoms with E-state index in [2.05, 4.69) is 39.7 Å². The molecule has 26 heavy (non-hydrogen) atoms. The first-order valence-corrected chi connectivity index (χ1v) is 9.43. The minimum atomic E-state index is 0.519. The van der Waals surface area contributed by atoms with Gasteiger partial charge in [0.15, 0.2) is 5.96 Å². The van der Waals surface area contributed by atoms with Gasteiger partial charge in [-0.25, -0.2) is 4.98 Å². The van der Waals surface area contributed by atoms with Crippen molar-refractivity contribution in [3.8, 4) is 5.75 Å². The van der Waals surface area contributed by atoms with Crippen molar-refractivity contribution in [2.45, 2.75) is 26.7 Å². The van der Waals surface area contributed by atoms with Gasteiger partial charge in [0.1, 0.15) is 10.9 Å². The van der Waals surface area contributed by atoms with Crippen molar-refractivity contribution in [3.05, 3.63) is 58.9 Å². The average molecular weight is 375 g/mol. The maximum absolute atomic E-state index is 5.81. The summed E-state index contributed by atoms with van der Waals surface area (Å²) in [6.07, 6.45) is 3.54. The molecule has 0 aliphatic rings. The van der Waals surface area contributed by atoms with Crippen LogP contribution >= 0.6 is 11.6 Å². The number of guanidine groups is 1. The summed E-state index contributed by atoms with van der Waals surface area (Å²) in [4.78, 5) is 8.74. The lowest BCUT2D eigenvalue weighted by Gasteiger charge is -2.11. The van der Waals surface area contributed by atoms with E-state index in [0.717, 1.165) is 43.2 Å². The predicted octanol–water partition coefficient (Wildman–Crippen LogP) is 3.47. The van der Waals surface area contributed by atoms with Crippen LogP contribution in [0.25, 0.3) is 0 Å². The molecule has 0 fully saturated rings. The summed E-state index contributed by atoms with van der Waals surface area (Å²) in [6.45, 7) is 7.06. The highest BCUT2D eigenvalue weighted by atomic mass is 35.5. The first-order valence-electron chi connectivity index (χ1n) is 9.05. The highest BCUT2D eigenvalue weighted by Crippen LogP contribution is 2.13. The van der Waals surface area contributed by atoms with E-state index in [1.165, 1.54) is 5.56 Å². The van der Waals surface area contributed by atoms with E-state index in [-0.39, 0.29) is 0 Å². The summed E-state index contributed by atoms with van der Waals surface area (Å²) in [6, 6.07) is 12.0. The number of hydrogen-bond acceptors (Lipinski definition) is 3. The molecule has 2 aromatic rings. The molecular formula is C20H27ClN4O. The molecule has 0 atom stereocenters. The second kappa shape index (κ2) is 11.4. The molecule has 0 unspecified atom stereocenters. The van der Waals surface area contributed by atoms with Gasteiger partial charge in [0.2, 0.25) is 0 Å². The number of nitrogens with one attached hydrogen (secondary N) is 2. The van der Waals surface area contributed by atoms with Gasteiger partial charge in [-0.3, -0.25) is 4.99 Å². The molecule has 0 bridgehead atoms. The van der Waals surface area contributed by atoms with Gasteiger partial charge >= 0.3 is 0 Å². The van der Waals surface area contributed by atoms with Gasteiger partial charge in [-0.15, -0.1) is 0 Å². The maximum atomic E-state index is 5.81. The molecular weight excluding hydrogens is 348 g/mol. The molecule has 1 heterocycles. The van der Waals surface area contributed by atoms with Crippen LogP contribution < -0.4 is 15.4 Å². The normalized spacial score (nSPS) is 11.3. The van der Waals surface area contributed by atoms with Gasteiger partial charge in [0.25, 0.3) is 0 Å². The molecule has 0 aliphatic carbocycles. The Hall–Kier alpha value is -2.27. The molecule has 1 aromatic carbocycles. The van der Waals surface area contributed by atoms with Crippen molar-refractivity contribution in [1.82, 2.24) is 15.6 Å². The molecule has 2 rings (SSSR count). The Balaban J connectivity index is 1.81. The minimum Gasteiger partial charge on any atom is -0.494 e. The van der Waals surface area contributed by atoms with E-state index < -0.39 is 0 Å². The Morgan fingerprint density at radius 3 is 2.73 bits per heavy atom. The molecule has 0 aliphatic heterocycles. The molecule has 1 aromatic heterocycles. The largest absolute Gasteiger partial charge is 0.494 e. The summed E-state index contributed by atoms with van der Waals surface area (Å²) >= 11 is 5.81. The third-order valence-electron chi connectivity index (χ3n) is 3.72. The van der Waals surface area contributed by atoms with Gasteiger partial charge < -0.3 is 15.4 Å². The predicted molar refractivity (Wildman–Crippen MR) is 108 cm³/mol. The zero-order valence-corrected chi connectivity index (χ0v) is 16.2. The quantitative estimate of drug-likeness (QED) is 0.401. The Bertz CT molecular complexity index is 688. The Morgan fingerprint density at radius 1 is 1.12 bits per heavy atom. The molecule has 0 radical (unpaired) electrons. The van der Waals surface area contributed by atoms with Crippen molar-refractivity contribution in [3.63, 3.8) is 0 Å². The molecule has 6 heteroatoms. The number of ether oxygens (including phenoxy) is 1. The molecule has 0 amide bonds. The van der Waals surface area contributed by atoms with Crippen molar-refractivity contribution >= 4 is 17.6 Å². The van der Waals surface area contributed by atoms with E-state index in [1.54, 1.807) is 6.20 Å². The van der Waals surface area contributed by atoms with Crippen LogP contribution in [0.3, 0.4) is 0 Å². The van der Waals surface area contributed by atoms with Crippen molar-refractivity contribution in [2.75, 3.05) is 26.2 Å². The molecule has 0 saturated heterocycles. The number of halogens is 1. The van der Waals surface area contributed by atoms with E-state index in [9.17, 15) is 0 Å². The lowest BCUT2D eigenvalue weighted by molar-refractivity contribution is 0.340. The van der Waals surface area contributed by atoms with Crippen molar-refractivity contribution < 1.29 is 4.74 Å². The smallest absolute Gasteiger partial charge is 0.191 e. The van der Waals surface area contributed by atoms with Crippen LogP contribution in [0.1, 0.15) is 25.0 Å². The lowest BCUT2D eigenvalue weighted by atomic mass is 10.1. The fourth-order valence-corrected chi connectivity index (χ4v) is 2.59. The molecule has 5 nitrogen and oxygen atoms in total. The van der Waals surface area contributed by atoms with Gasteiger partial charge in [-0.2, -0.15) is 0 Å². The number of aliphatic imine (C=N–C) groups is 1. The number of pyridine rings is 1. The number of hydrogen-bond donors (Lipinski definition) is 2. The molecule has 0 saturated carbocycles. The highest BCUT2D eigenvalue weighted by molar-refractivity contribution is 6.29. The monoisotopic (exact) mass is 374 g/mol. The lowest BCUT2D eigenvalue weighted by Crippen LogP contribution is -2.38.